The quantitative estimate of drug-likeness (QED) is 0.246. The van der Waals surface area contributed by atoms with E-state index in [0.29, 0.717) is 42.8 Å². The van der Waals surface area contributed by atoms with Crippen molar-refractivity contribution in [1.82, 2.24) is 35.4 Å². The number of alkyl carbamates (subject to hydrolysis) is 1. The molecule has 16 nitrogen and oxygen atoms in total. The fourth-order valence-electron chi connectivity index (χ4n) is 5.22. The molecule has 1 fully saturated rings. The van der Waals surface area contributed by atoms with Gasteiger partial charge >= 0.3 is 18.1 Å². The summed E-state index contributed by atoms with van der Waals surface area (Å²) in [4.78, 5) is 73.7. The highest BCUT2D eigenvalue weighted by Crippen LogP contribution is 2.29. The molecule has 1 saturated heterocycles. The average Bonchev–Trinajstić information content (AvgIpc) is 3.42. The van der Waals surface area contributed by atoms with E-state index in [1.165, 1.54) is 17.1 Å². The number of carbonyl (C=O) groups excluding carboxylic acids is 4. The summed E-state index contributed by atoms with van der Waals surface area (Å²) in [5, 5.41) is 26.6. The van der Waals surface area contributed by atoms with Crippen LogP contribution in [-0.4, -0.2) is 105 Å². The van der Waals surface area contributed by atoms with Gasteiger partial charge in [0.2, 0.25) is 11.8 Å². The molecule has 0 aromatic carbocycles. The maximum atomic E-state index is 13.0. The van der Waals surface area contributed by atoms with Crippen molar-refractivity contribution in [3.05, 3.63) is 18.6 Å². The van der Waals surface area contributed by atoms with Gasteiger partial charge < -0.3 is 35.6 Å². The van der Waals surface area contributed by atoms with Crippen molar-refractivity contribution >= 4 is 46.8 Å². The molecular formula is C30H43N9O7. The van der Waals surface area contributed by atoms with Gasteiger partial charge in [0.15, 0.2) is 5.65 Å². The Morgan fingerprint density at radius 3 is 2.61 bits per heavy atom. The van der Waals surface area contributed by atoms with Crippen molar-refractivity contribution in [2.45, 2.75) is 77.5 Å². The van der Waals surface area contributed by atoms with Crippen LogP contribution in [0.3, 0.4) is 0 Å². The first-order valence-electron chi connectivity index (χ1n) is 15.2. The lowest BCUT2D eigenvalue weighted by atomic mass is 9.92. The van der Waals surface area contributed by atoms with Crippen LogP contribution < -0.4 is 20.9 Å². The van der Waals surface area contributed by atoms with Gasteiger partial charge in [-0.3, -0.25) is 14.2 Å². The average molecular weight is 642 g/mol. The van der Waals surface area contributed by atoms with Gasteiger partial charge in [0.05, 0.1) is 24.0 Å². The van der Waals surface area contributed by atoms with Crippen molar-refractivity contribution in [3.63, 3.8) is 0 Å². The van der Waals surface area contributed by atoms with Crippen molar-refractivity contribution < 1.29 is 33.8 Å². The third-order valence-corrected chi connectivity index (χ3v) is 7.63. The van der Waals surface area contributed by atoms with E-state index in [4.69, 9.17) is 10.00 Å². The standard InChI is InChI=1S/C30H43N9O7/c1-19-10-14-38(24(41)9-12-31)17-22(19)37(5)25-20-11-15-39(26(20)35-18-34-25)28(44)33-16-23(40)36-21(27(42)43)8-6-7-13-32-29(45)46-30(2,3)4/h11,15,18-19,21-22H,6-10,13-14,16-17H2,1-5H3,(H,32,45)(H,33,44)(H,36,40)(H,42,43)/t19-,21+,22+/m1/s1. The Hall–Kier alpha value is -4.94. The molecule has 0 radical (unpaired) electrons. The lowest BCUT2D eigenvalue weighted by Gasteiger charge is -2.42. The molecule has 0 saturated carbocycles. The molecule has 0 spiro atoms. The number of aliphatic carboxylic acids is 1. The Morgan fingerprint density at radius 1 is 1.20 bits per heavy atom. The fraction of sp³-hybridized carbons (Fsp3) is 0.600. The molecule has 2 aromatic heterocycles. The number of likely N-dealkylation sites (N-methyl/N-ethyl adjacent to an activating group) is 1. The van der Waals surface area contributed by atoms with E-state index < -0.39 is 42.2 Å². The first-order valence-corrected chi connectivity index (χ1v) is 15.2. The van der Waals surface area contributed by atoms with Crippen molar-refractivity contribution in [2.75, 3.05) is 38.1 Å². The maximum Gasteiger partial charge on any atom is 0.407 e. The molecule has 3 heterocycles. The number of ether oxygens (including phenoxy) is 1. The number of nitriles is 1. The van der Waals surface area contributed by atoms with Crippen molar-refractivity contribution in [3.8, 4) is 6.07 Å². The van der Waals surface area contributed by atoms with Gasteiger partial charge in [-0.2, -0.15) is 5.26 Å². The van der Waals surface area contributed by atoms with E-state index in [2.05, 4.69) is 32.8 Å². The van der Waals surface area contributed by atoms with E-state index >= 15 is 0 Å². The number of unbranched alkanes of at least 4 members (excludes halogenated alkanes) is 1. The number of carbonyl (C=O) groups is 5. The largest absolute Gasteiger partial charge is 0.480 e. The number of hydrogen-bond donors (Lipinski definition) is 4. The molecule has 2 aromatic rings. The van der Waals surface area contributed by atoms with Crippen LogP contribution in [0, 0.1) is 17.2 Å². The molecule has 1 aliphatic rings. The summed E-state index contributed by atoms with van der Waals surface area (Å²) in [5.74, 6) is -1.31. The van der Waals surface area contributed by atoms with Crippen molar-refractivity contribution in [1.29, 1.82) is 5.26 Å². The van der Waals surface area contributed by atoms with E-state index in [1.54, 1.807) is 31.7 Å². The molecule has 0 unspecified atom stereocenters. The molecule has 0 bridgehead atoms. The second-order valence-electron chi connectivity index (χ2n) is 12.3. The molecule has 0 aliphatic carbocycles. The number of carboxylic acid groups (broad SMARTS) is 1. The molecular weight excluding hydrogens is 598 g/mol. The Labute approximate surface area is 267 Å². The fourth-order valence-corrected chi connectivity index (χ4v) is 5.22. The van der Waals surface area contributed by atoms with Crippen LogP contribution in [0.5, 0.6) is 0 Å². The second kappa shape index (κ2) is 15.9. The molecule has 4 N–H and O–H groups in total. The SMILES string of the molecule is C[C@@H]1CCN(C(=O)CC#N)C[C@@H]1N(C)c1ncnc2c1ccn2C(=O)NCC(=O)N[C@@H](CCCCNC(=O)OC(C)(C)C)C(=O)O. The summed E-state index contributed by atoms with van der Waals surface area (Å²) in [6.07, 6.45) is 3.88. The van der Waals surface area contributed by atoms with Crippen molar-refractivity contribution in [2.24, 2.45) is 5.92 Å². The number of hydrogen-bond acceptors (Lipinski definition) is 10. The molecule has 16 heteroatoms. The van der Waals surface area contributed by atoms with Crippen LogP contribution >= 0.6 is 0 Å². The number of piperidine rings is 1. The molecule has 1 aliphatic heterocycles. The van der Waals surface area contributed by atoms with Gasteiger partial charge in [0, 0.05) is 32.9 Å². The van der Waals surface area contributed by atoms with Gasteiger partial charge in [-0.15, -0.1) is 0 Å². The molecule has 46 heavy (non-hydrogen) atoms. The van der Waals surface area contributed by atoms with Crippen LogP contribution in [0.1, 0.15) is 59.8 Å². The lowest BCUT2D eigenvalue weighted by molar-refractivity contribution is -0.141. The number of anilines is 1. The van der Waals surface area contributed by atoms with Crippen LogP contribution in [0.25, 0.3) is 11.0 Å². The van der Waals surface area contributed by atoms with E-state index in [0.717, 1.165) is 6.42 Å². The zero-order valence-corrected chi connectivity index (χ0v) is 26.9. The number of likely N-dealkylation sites (tertiary alicyclic amines) is 1. The van der Waals surface area contributed by atoms with Gasteiger partial charge in [0.25, 0.3) is 0 Å². The molecule has 3 atom stereocenters. The van der Waals surface area contributed by atoms with E-state index in [1.807, 2.05) is 18.0 Å². The third kappa shape index (κ3) is 9.78. The third-order valence-electron chi connectivity index (χ3n) is 7.63. The highest BCUT2D eigenvalue weighted by atomic mass is 16.6. The Morgan fingerprint density at radius 2 is 1.93 bits per heavy atom. The Bertz CT molecular complexity index is 1460. The molecule has 4 amide bonds. The summed E-state index contributed by atoms with van der Waals surface area (Å²) in [5.41, 5.74) is -0.320. The number of rotatable bonds is 12. The summed E-state index contributed by atoms with van der Waals surface area (Å²) in [7, 11) is 1.86. The summed E-state index contributed by atoms with van der Waals surface area (Å²) < 4.78 is 6.39. The zero-order valence-electron chi connectivity index (χ0n) is 26.9. The Balaban J connectivity index is 1.56. The van der Waals surface area contributed by atoms with Gasteiger partial charge in [0.1, 0.15) is 30.2 Å². The van der Waals surface area contributed by atoms with Crippen LogP contribution in [0.15, 0.2) is 18.6 Å². The lowest BCUT2D eigenvalue weighted by Crippen LogP contribution is -2.52. The first-order chi connectivity index (χ1) is 21.7. The number of nitrogens with zero attached hydrogens (tertiary/aromatic N) is 6. The summed E-state index contributed by atoms with van der Waals surface area (Å²) in [6.45, 7) is 8.17. The highest BCUT2D eigenvalue weighted by molar-refractivity contribution is 5.96. The second-order valence-corrected chi connectivity index (χ2v) is 12.3. The minimum Gasteiger partial charge on any atom is -0.480 e. The maximum absolute atomic E-state index is 13.0. The summed E-state index contributed by atoms with van der Waals surface area (Å²) in [6, 6.07) is 1.70. The van der Waals surface area contributed by atoms with Crippen LogP contribution in [0.4, 0.5) is 15.4 Å². The van der Waals surface area contributed by atoms with Crippen LogP contribution in [-0.2, 0) is 19.1 Å². The molecule has 3 rings (SSSR count). The number of fused-ring (bicyclic) bond motifs is 1. The predicted octanol–water partition coefficient (Wildman–Crippen LogP) is 1.84. The topological polar surface area (TPSA) is 212 Å². The van der Waals surface area contributed by atoms with Crippen LogP contribution in [0.2, 0.25) is 0 Å². The zero-order chi connectivity index (χ0) is 34.0. The minimum atomic E-state index is -1.21. The normalized spacial score (nSPS) is 17.0. The number of nitrogens with one attached hydrogen (secondary N) is 3. The molecule has 250 valence electrons. The predicted molar refractivity (Wildman–Crippen MR) is 167 cm³/mol. The Kier molecular flexibility index (Phi) is 12.3. The van der Waals surface area contributed by atoms with E-state index in [9.17, 15) is 29.1 Å². The van der Waals surface area contributed by atoms with Gasteiger partial charge in [-0.25, -0.2) is 24.4 Å². The minimum absolute atomic E-state index is 0.0845. The number of amides is 4. The number of aromatic nitrogens is 3. The number of carboxylic acids is 1. The van der Waals surface area contributed by atoms with E-state index in [-0.39, 0.29) is 37.3 Å². The smallest absolute Gasteiger partial charge is 0.407 e. The monoisotopic (exact) mass is 641 g/mol. The van der Waals surface area contributed by atoms with Gasteiger partial charge in [-0.1, -0.05) is 6.92 Å². The van der Waals surface area contributed by atoms with Gasteiger partial charge in [-0.05, 0) is 58.4 Å². The summed E-state index contributed by atoms with van der Waals surface area (Å²) >= 11 is 0. The first kappa shape index (κ1) is 35.5. The highest BCUT2D eigenvalue weighted by Gasteiger charge is 2.33.